The Labute approximate surface area is 118 Å². The van der Waals surface area contributed by atoms with Crippen molar-refractivity contribution in [2.24, 2.45) is 0 Å². The van der Waals surface area contributed by atoms with Crippen molar-refractivity contribution < 1.29 is 23.7 Å². The van der Waals surface area contributed by atoms with Gasteiger partial charge in [-0.05, 0) is 18.2 Å². The highest BCUT2D eigenvalue weighted by atomic mass is 19.1. The van der Waals surface area contributed by atoms with Gasteiger partial charge in [-0.3, -0.25) is 0 Å². The van der Waals surface area contributed by atoms with Crippen LogP contribution in [-0.4, -0.2) is 45.3 Å². The zero-order valence-corrected chi connectivity index (χ0v) is 11.5. The number of hydrogen-bond acceptors (Lipinski definition) is 4. The molecule has 0 fully saturated rings. The second kappa shape index (κ2) is 10.2. The van der Waals surface area contributed by atoms with Crippen LogP contribution in [0.2, 0.25) is 0 Å². The quantitative estimate of drug-likeness (QED) is 0.581. The SMILES string of the molecule is COCCOCCCOc1cc(C#CCO)ccc1F. The standard InChI is InChI=1S/C15H19FO4/c1-18-10-11-19-8-3-9-20-15-12-13(4-2-7-17)5-6-14(15)16/h5-6,12,17H,3,7-11H2,1H3. The number of halogens is 1. The van der Waals surface area contributed by atoms with Gasteiger partial charge in [0.25, 0.3) is 0 Å². The van der Waals surface area contributed by atoms with Gasteiger partial charge in [-0.25, -0.2) is 4.39 Å². The maximum atomic E-state index is 13.5. The Balaban J connectivity index is 2.35. The van der Waals surface area contributed by atoms with Crippen LogP contribution in [0.5, 0.6) is 5.75 Å². The fraction of sp³-hybridized carbons (Fsp3) is 0.467. The molecule has 20 heavy (non-hydrogen) atoms. The Kier molecular flexibility index (Phi) is 8.40. The molecule has 0 spiro atoms. The Morgan fingerprint density at radius 1 is 1.20 bits per heavy atom. The predicted octanol–water partition coefficient (Wildman–Crippen LogP) is 1.60. The van der Waals surface area contributed by atoms with Crippen molar-refractivity contribution in [2.45, 2.75) is 6.42 Å². The van der Waals surface area contributed by atoms with E-state index < -0.39 is 5.82 Å². The lowest BCUT2D eigenvalue weighted by Gasteiger charge is -2.08. The molecule has 0 aliphatic heterocycles. The summed E-state index contributed by atoms with van der Waals surface area (Å²) in [6.07, 6.45) is 0.662. The van der Waals surface area contributed by atoms with Crippen LogP contribution in [-0.2, 0) is 9.47 Å². The lowest BCUT2D eigenvalue weighted by Crippen LogP contribution is -2.07. The van der Waals surface area contributed by atoms with Gasteiger partial charge in [0.1, 0.15) is 6.61 Å². The van der Waals surface area contributed by atoms with Crippen molar-refractivity contribution in [3.05, 3.63) is 29.6 Å². The monoisotopic (exact) mass is 282 g/mol. The van der Waals surface area contributed by atoms with E-state index >= 15 is 0 Å². The van der Waals surface area contributed by atoms with E-state index in [1.54, 1.807) is 13.2 Å². The number of hydrogen-bond donors (Lipinski definition) is 1. The molecule has 0 aliphatic rings. The summed E-state index contributed by atoms with van der Waals surface area (Å²) in [6, 6.07) is 4.36. The third kappa shape index (κ3) is 6.53. The lowest BCUT2D eigenvalue weighted by atomic mass is 10.2. The predicted molar refractivity (Wildman–Crippen MR) is 73.2 cm³/mol. The van der Waals surface area contributed by atoms with Crippen LogP contribution in [0.25, 0.3) is 0 Å². The second-order valence-corrected chi connectivity index (χ2v) is 3.91. The first kappa shape index (κ1) is 16.4. The molecule has 0 aliphatic carbocycles. The van der Waals surface area contributed by atoms with Crippen LogP contribution >= 0.6 is 0 Å². The number of methoxy groups -OCH3 is 1. The lowest BCUT2D eigenvalue weighted by molar-refractivity contribution is 0.0642. The van der Waals surface area contributed by atoms with Crippen molar-refractivity contribution in [1.82, 2.24) is 0 Å². The van der Waals surface area contributed by atoms with Crippen LogP contribution in [0.4, 0.5) is 4.39 Å². The molecule has 110 valence electrons. The normalized spacial score (nSPS) is 9.95. The van der Waals surface area contributed by atoms with Gasteiger partial charge in [0.2, 0.25) is 0 Å². The molecule has 0 unspecified atom stereocenters. The van der Waals surface area contributed by atoms with E-state index in [-0.39, 0.29) is 12.4 Å². The number of aliphatic hydroxyl groups excluding tert-OH is 1. The minimum absolute atomic E-state index is 0.159. The molecule has 0 bridgehead atoms. The van der Waals surface area contributed by atoms with E-state index in [2.05, 4.69) is 11.8 Å². The third-order valence-electron chi connectivity index (χ3n) is 2.37. The average Bonchev–Trinajstić information content (AvgIpc) is 2.46. The molecule has 0 amide bonds. The van der Waals surface area contributed by atoms with Crippen LogP contribution in [0.1, 0.15) is 12.0 Å². The average molecular weight is 282 g/mol. The molecular formula is C15H19FO4. The van der Waals surface area contributed by atoms with Crippen molar-refractivity contribution in [2.75, 3.05) is 40.1 Å². The third-order valence-corrected chi connectivity index (χ3v) is 2.37. The molecule has 1 aromatic carbocycles. The topological polar surface area (TPSA) is 47.9 Å². The van der Waals surface area contributed by atoms with Crippen LogP contribution in [0.3, 0.4) is 0 Å². The fourth-order valence-electron chi connectivity index (χ4n) is 1.42. The second-order valence-electron chi connectivity index (χ2n) is 3.91. The van der Waals surface area contributed by atoms with Gasteiger partial charge in [-0.15, -0.1) is 0 Å². The van der Waals surface area contributed by atoms with Gasteiger partial charge < -0.3 is 19.3 Å². The summed E-state index contributed by atoms with van der Waals surface area (Å²) in [7, 11) is 1.61. The van der Waals surface area contributed by atoms with E-state index in [0.717, 1.165) is 0 Å². The Morgan fingerprint density at radius 2 is 2.05 bits per heavy atom. The van der Waals surface area contributed by atoms with Gasteiger partial charge in [0.05, 0.1) is 19.8 Å². The van der Waals surface area contributed by atoms with Gasteiger partial charge in [-0.2, -0.15) is 0 Å². The first-order chi connectivity index (χ1) is 9.77. The summed E-state index contributed by atoms with van der Waals surface area (Å²) in [5.41, 5.74) is 0.604. The van der Waals surface area contributed by atoms with E-state index in [4.69, 9.17) is 19.3 Å². The molecule has 1 N–H and O–H groups in total. The molecule has 1 rings (SSSR count). The Hall–Kier alpha value is -1.61. The van der Waals surface area contributed by atoms with Crippen LogP contribution < -0.4 is 4.74 Å². The van der Waals surface area contributed by atoms with E-state index in [1.807, 2.05) is 0 Å². The maximum Gasteiger partial charge on any atom is 0.165 e. The summed E-state index contributed by atoms with van der Waals surface area (Å²) < 4.78 is 29.0. The highest BCUT2D eigenvalue weighted by molar-refractivity contribution is 5.40. The highest BCUT2D eigenvalue weighted by Gasteiger charge is 2.03. The zero-order chi connectivity index (χ0) is 14.6. The summed E-state index contributed by atoms with van der Waals surface area (Å²) in [4.78, 5) is 0. The summed E-state index contributed by atoms with van der Waals surface area (Å²) >= 11 is 0. The highest BCUT2D eigenvalue weighted by Crippen LogP contribution is 2.18. The van der Waals surface area contributed by atoms with Crippen LogP contribution in [0.15, 0.2) is 18.2 Å². The van der Waals surface area contributed by atoms with Crippen molar-refractivity contribution in [1.29, 1.82) is 0 Å². The van der Waals surface area contributed by atoms with E-state index in [9.17, 15) is 4.39 Å². The first-order valence-electron chi connectivity index (χ1n) is 6.36. The van der Waals surface area contributed by atoms with Crippen molar-refractivity contribution in [3.8, 4) is 17.6 Å². The molecule has 1 aromatic rings. The van der Waals surface area contributed by atoms with Crippen LogP contribution in [0, 0.1) is 17.7 Å². The van der Waals surface area contributed by atoms with Gasteiger partial charge >= 0.3 is 0 Å². The molecule has 0 atom stereocenters. The molecule has 0 saturated carbocycles. The number of benzene rings is 1. The summed E-state index contributed by atoms with van der Waals surface area (Å²) in [5, 5.41) is 8.61. The minimum Gasteiger partial charge on any atom is -0.490 e. The Morgan fingerprint density at radius 3 is 2.80 bits per heavy atom. The van der Waals surface area contributed by atoms with Gasteiger partial charge in [-0.1, -0.05) is 11.8 Å². The maximum absolute atomic E-state index is 13.5. The van der Waals surface area contributed by atoms with E-state index in [1.165, 1.54) is 12.1 Å². The molecule has 0 heterocycles. The molecule has 0 aromatic heterocycles. The minimum atomic E-state index is -0.431. The fourth-order valence-corrected chi connectivity index (χ4v) is 1.42. The largest absolute Gasteiger partial charge is 0.490 e. The smallest absolute Gasteiger partial charge is 0.165 e. The molecule has 4 nitrogen and oxygen atoms in total. The molecule has 5 heteroatoms. The van der Waals surface area contributed by atoms with Gasteiger partial charge in [0.15, 0.2) is 11.6 Å². The van der Waals surface area contributed by atoms with Crippen molar-refractivity contribution >= 4 is 0 Å². The number of aliphatic hydroxyl groups is 1. The molecule has 0 radical (unpaired) electrons. The van der Waals surface area contributed by atoms with Crippen molar-refractivity contribution in [3.63, 3.8) is 0 Å². The number of rotatable bonds is 8. The Bertz CT molecular complexity index is 451. The summed E-state index contributed by atoms with van der Waals surface area (Å²) in [6.45, 7) is 1.76. The first-order valence-corrected chi connectivity index (χ1v) is 6.36. The molecular weight excluding hydrogens is 263 g/mol. The molecule has 0 saturated heterocycles. The van der Waals surface area contributed by atoms with Gasteiger partial charge in [0, 0.05) is 25.7 Å². The summed E-state index contributed by atoms with van der Waals surface area (Å²) in [5.74, 6) is 4.93. The number of ether oxygens (including phenoxy) is 3. The van der Waals surface area contributed by atoms with E-state index in [0.29, 0.717) is 38.4 Å². The zero-order valence-electron chi connectivity index (χ0n) is 11.5.